The molecule has 0 aliphatic carbocycles. The van der Waals surface area contributed by atoms with Crippen LogP contribution in [0.3, 0.4) is 0 Å². The van der Waals surface area contributed by atoms with E-state index in [1.165, 1.54) is 0 Å². The monoisotopic (exact) mass is 508 g/mol. The van der Waals surface area contributed by atoms with Crippen molar-refractivity contribution in [3.63, 3.8) is 0 Å². The van der Waals surface area contributed by atoms with Gasteiger partial charge in [-0.3, -0.25) is 4.57 Å². The third-order valence-electron chi connectivity index (χ3n) is 5.12. The van der Waals surface area contributed by atoms with Gasteiger partial charge in [0, 0.05) is 11.1 Å². The van der Waals surface area contributed by atoms with Crippen LogP contribution in [0.4, 0.5) is 0 Å². The maximum atomic E-state index is 13.8. The van der Waals surface area contributed by atoms with Gasteiger partial charge in [0.15, 0.2) is 0 Å². The molecule has 0 heterocycles. The summed E-state index contributed by atoms with van der Waals surface area (Å²) in [6.45, 7) is 15.6. The van der Waals surface area contributed by atoms with Crippen LogP contribution in [0.25, 0.3) is 0 Å². The number of esters is 2. The topological polar surface area (TPSA) is 88.1 Å². The molecule has 0 atom stereocenters. The first-order chi connectivity index (χ1) is 16.6. The molecule has 7 nitrogen and oxygen atoms in total. The lowest BCUT2D eigenvalue weighted by Gasteiger charge is -2.22. The Balaban J connectivity index is 2.59. The minimum absolute atomic E-state index is 0.165. The summed E-state index contributed by atoms with van der Waals surface area (Å²) in [7, 11) is -3.53. The molecule has 0 radical (unpaired) electrons. The van der Waals surface area contributed by atoms with Crippen LogP contribution >= 0.6 is 7.60 Å². The molecule has 35 heavy (non-hydrogen) atoms. The van der Waals surface area contributed by atoms with E-state index >= 15 is 0 Å². The molecule has 1 aromatic rings. The molecule has 0 aromatic heterocycles. The van der Waals surface area contributed by atoms with Crippen molar-refractivity contribution in [1.82, 2.24) is 0 Å². The Bertz CT molecular complexity index is 847. The molecule has 0 amide bonds. The van der Waals surface area contributed by atoms with Crippen molar-refractivity contribution >= 4 is 24.8 Å². The Labute approximate surface area is 210 Å². The van der Waals surface area contributed by atoms with E-state index in [-0.39, 0.29) is 19.1 Å². The predicted molar refractivity (Wildman–Crippen MR) is 139 cm³/mol. The van der Waals surface area contributed by atoms with Gasteiger partial charge in [-0.2, -0.15) is 0 Å². The van der Waals surface area contributed by atoms with Gasteiger partial charge in [0.1, 0.15) is 0 Å². The maximum absolute atomic E-state index is 13.8. The number of unbranched alkanes of at least 4 members (excludes halogenated alkanes) is 4. The first kappa shape index (κ1) is 30.8. The third-order valence-corrected chi connectivity index (χ3v) is 7.16. The second-order valence-electron chi connectivity index (χ2n) is 8.83. The molecule has 0 fully saturated rings. The highest BCUT2D eigenvalue weighted by Gasteiger charge is 2.30. The summed E-state index contributed by atoms with van der Waals surface area (Å²) in [6, 6.07) is 7.52. The van der Waals surface area contributed by atoms with Crippen molar-refractivity contribution in [3.8, 4) is 0 Å². The standard InChI is InChI=1S/C27H41O7P/c1-21(2)24-15-9-10-16-25(24)35(30,33-19-13-7-11-17-31-26(28)22(3)4)34-20-14-8-12-18-32-27(29)23(5)6/h9-10,15-16,21H,3,5,7-8,11-14,17-20H2,1-2,4,6H3. The first-order valence-electron chi connectivity index (χ1n) is 12.2. The van der Waals surface area contributed by atoms with Gasteiger partial charge in [-0.15, -0.1) is 0 Å². The Morgan fingerprint density at radius 2 is 1.20 bits per heavy atom. The van der Waals surface area contributed by atoms with E-state index < -0.39 is 19.5 Å². The van der Waals surface area contributed by atoms with Crippen molar-refractivity contribution in [1.29, 1.82) is 0 Å². The molecule has 196 valence electrons. The number of carbonyl (C=O) groups excluding carboxylic acids is 2. The van der Waals surface area contributed by atoms with Gasteiger partial charge >= 0.3 is 19.5 Å². The van der Waals surface area contributed by atoms with E-state index in [0.717, 1.165) is 18.4 Å². The van der Waals surface area contributed by atoms with Crippen molar-refractivity contribution in [2.24, 2.45) is 0 Å². The Kier molecular flexibility index (Phi) is 14.5. The van der Waals surface area contributed by atoms with Crippen LogP contribution in [0, 0.1) is 0 Å². The Hall–Kier alpha value is -2.21. The molecule has 0 aliphatic heterocycles. The molecule has 1 rings (SSSR count). The second kappa shape index (κ2) is 16.5. The highest BCUT2D eigenvalue weighted by Crippen LogP contribution is 2.49. The van der Waals surface area contributed by atoms with Crippen LogP contribution < -0.4 is 5.30 Å². The fourth-order valence-corrected chi connectivity index (χ4v) is 5.12. The van der Waals surface area contributed by atoms with Crippen LogP contribution in [-0.4, -0.2) is 38.4 Å². The summed E-state index contributed by atoms with van der Waals surface area (Å²) in [4.78, 5) is 22.8. The van der Waals surface area contributed by atoms with Gasteiger partial charge in [-0.1, -0.05) is 45.2 Å². The lowest BCUT2D eigenvalue weighted by molar-refractivity contribution is -0.139. The number of hydrogen-bond donors (Lipinski definition) is 0. The molecule has 0 aliphatic rings. The van der Waals surface area contributed by atoms with Crippen LogP contribution in [0.1, 0.15) is 77.7 Å². The lowest BCUT2D eigenvalue weighted by atomic mass is 10.0. The molecule has 0 unspecified atom stereocenters. The summed E-state index contributed by atoms with van der Waals surface area (Å²) in [5.41, 5.74) is 1.69. The molecular formula is C27H41O7P. The minimum atomic E-state index is -3.53. The molecule has 0 bridgehead atoms. The second-order valence-corrected chi connectivity index (χ2v) is 10.8. The molecule has 0 saturated heterocycles. The van der Waals surface area contributed by atoms with Crippen molar-refractivity contribution < 1.29 is 32.7 Å². The van der Waals surface area contributed by atoms with Crippen LogP contribution in [0.15, 0.2) is 48.6 Å². The molecule has 8 heteroatoms. The van der Waals surface area contributed by atoms with Crippen LogP contribution in [-0.2, 0) is 32.7 Å². The zero-order valence-electron chi connectivity index (χ0n) is 21.7. The predicted octanol–water partition coefficient (Wildman–Crippen LogP) is 6.24. The average molecular weight is 509 g/mol. The summed E-state index contributed by atoms with van der Waals surface area (Å²) in [5.74, 6) is -0.616. The summed E-state index contributed by atoms with van der Waals surface area (Å²) >= 11 is 0. The zero-order chi connectivity index (χ0) is 26.3. The number of ether oxygens (including phenoxy) is 2. The number of hydrogen-bond acceptors (Lipinski definition) is 7. The normalized spacial score (nSPS) is 11.3. The average Bonchev–Trinajstić information content (AvgIpc) is 2.82. The van der Waals surface area contributed by atoms with Crippen molar-refractivity contribution in [2.75, 3.05) is 26.4 Å². The lowest BCUT2D eigenvalue weighted by Crippen LogP contribution is -2.17. The zero-order valence-corrected chi connectivity index (χ0v) is 22.6. The number of benzene rings is 1. The van der Waals surface area contributed by atoms with Gasteiger partial charge in [-0.05, 0) is 69.9 Å². The van der Waals surface area contributed by atoms with E-state index in [4.69, 9.17) is 18.5 Å². The fourth-order valence-electron chi connectivity index (χ4n) is 3.11. The van der Waals surface area contributed by atoms with Gasteiger partial charge in [0.2, 0.25) is 0 Å². The SMILES string of the molecule is C=C(C)C(=O)OCCCCCOP(=O)(OCCCCCOC(=O)C(=C)C)c1ccccc1C(C)C. The molecule has 1 aromatic carbocycles. The highest BCUT2D eigenvalue weighted by molar-refractivity contribution is 7.62. The van der Waals surface area contributed by atoms with E-state index in [2.05, 4.69) is 13.2 Å². The number of carbonyl (C=O) groups is 2. The third kappa shape index (κ3) is 11.9. The first-order valence-corrected chi connectivity index (χ1v) is 13.8. The van der Waals surface area contributed by atoms with Crippen molar-refractivity contribution in [3.05, 3.63) is 54.1 Å². The van der Waals surface area contributed by atoms with Crippen LogP contribution in [0.2, 0.25) is 0 Å². The number of rotatable bonds is 18. The van der Waals surface area contributed by atoms with E-state index in [1.807, 2.05) is 38.1 Å². The quantitative estimate of drug-likeness (QED) is 0.100. The van der Waals surface area contributed by atoms with E-state index in [9.17, 15) is 14.2 Å². The van der Waals surface area contributed by atoms with E-state index in [1.54, 1.807) is 13.8 Å². The van der Waals surface area contributed by atoms with Gasteiger partial charge in [0.05, 0.1) is 31.7 Å². The smallest absolute Gasteiger partial charge is 0.361 e. The van der Waals surface area contributed by atoms with Crippen LogP contribution in [0.5, 0.6) is 0 Å². The summed E-state index contributed by atoms with van der Waals surface area (Å²) < 4.78 is 35.8. The molecular weight excluding hydrogens is 467 g/mol. The van der Waals surface area contributed by atoms with E-state index in [0.29, 0.717) is 55.3 Å². The summed E-state index contributed by atoms with van der Waals surface area (Å²) in [6.07, 6.45) is 4.22. The van der Waals surface area contributed by atoms with Gasteiger partial charge in [-0.25, -0.2) is 9.59 Å². The molecule has 0 spiro atoms. The minimum Gasteiger partial charge on any atom is -0.462 e. The fraction of sp³-hybridized carbons (Fsp3) is 0.556. The van der Waals surface area contributed by atoms with Gasteiger partial charge < -0.3 is 18.5 Å². The summed E-state index contributed by atoms with van der Waals surface area (Å²) in [5, 5.41) is 0.598. The Morgan fingerprint density at radius 3 is 1.63 bits per heavy atom. The largest absolute Gasteiger partial charge is 0.462 e. The molecule has 0 N–H and O–H groups in total. The highest BCUT2D eigenvalue weighted by atomic mass is 31.2. The van der Waals surface area contributed by atoms with Crippen molar-refractivity contribution in [2.45, 2.75) is 72.1 Å². The maximum Gasteiger partial charge on any atom is 0.361 e. The molecule has 0 saturated carbocycles. The Morgan fingerprint density at radius 1 is 0.771 bits per heavy atom. The van der Waals surface area contributed by atoms with Gasteiger partial charge in [0.25, 0.3) is 0 Å².